The van der Waals surface area contributed by atoms with E-state index in [1.807, 2.05) is 54.6 Å². The molecule has 32 heavy (non-hydrogen) atoms. The number of rotatable bonds is 7. The number of hydrogen-bond acceptors (Lipinski definition) is 6. The molecule has 2 aromatic carbocycles. The molecule has 0 radical (unpaired) electrons. The van der Waals surface area contributed by atoms with Gasteiger partial charge < -0.3 is 24.6 Å². The Bertz CT molecular complexity index is 1070. The molecule has 0 bridgehead atoms. The maximum Gasteiger partial charge on any atom is 0.231 e. The van der Waals surface area contributed by atoms with Crippen molar-refractivity contribution in [3.8, 4) is 22.8 Å². The SMILES string of the molecule is O=C(C[C@@H]1CCNC[C@@H]1Cc1cc(-c2ccccc2)on1)NCc1ccc2c(c1)OCO2. The molecule has 3 heterocycles. The summed E-state index contributed by atoms with van der Waals surface area (Å²) in [5, 5.41) is 10.8. The number of nitrogens with zero attached hydrogens (tertiary/aromatic N) is 1. The second-order valence-corrected chi connectivity index (χ2v) is 8.43. The number of aromatic nitrogens is 1. The summed E-state index contributed by atoms with van der Waals surface area (Å²) in [6.45, 7) is 2.55. The minimum absolute atomic E-state index is 0.0738. The molecule has 1 saturated heterocycles. The summed E-state index contributed by atoms with van der Waals surface area (Å²) in [6.07, 6.45) is 2.29. The topological polar surface area (TPSA) is 85.6 Å². The lowest BCUT2D eigenvalue weighted by molar-refractivity contribution is -0.122. The lowest BCUT2D eigenvalue weighted by atomic mass is 9.81. The Morgan fingerprint density at radius 3 is 2.84 bits per heavy atom. The van der Waals surface area contributed by atoms with E-state index in [0.29, 0.717) is 24.8 Å². The van der Waals surface area contributed by atoms with Crippen LogP contribution < -0.4 is 20.1 Å². The molecule has 0 aliphatic carbocycles. The first-order chi connectivity index (χ1) is 15.7. The minimum atomic E-state index is 0.0738. The summed E-state index contributed by atoms with van der Waals surface area (Å²) in [4.78, 5) is 12.7. The van der Waals surface area contributed by atoms with Crippen LogP contribution >= 0.6 is 0 Å². The number of fused-ring (bicyclic) bond motifs is 1. The smallest absolute Gasteiger partial charge is 0.231 e. The molecule has 1 aromatic heterocycles. The molecule has 5 rings (SSSR count). The molecule has 1 fully saturated rings. The molecule has 2 atom stereocenters. The third kappa shape index (κ3) is 4.78. The van der Waals surface area contributed by atoms with Gasteiger partial charge in [0, 0.05) is 24.6 Å². The number of carbonyl (C=O) groups is 1. The second kappa shape index (κ2) is 9.44. The monoisotopic (exact) mass is 433 g/mol. The van der Waals surface area contributed by atoms with Crippen LogP contribution in [-0.2, 0) is 17.8 Å². The fourth-order valence-corrected chi connectivity index (χ4v) is 4.46. The zero-order chi connectivity index (χ0) is 21.8. The van der Waals surface area contributed by atoms with Gasteiger partial charge in [-0.25, -0.2) is 0 Å². The molecule has 2 aliphatic heterocycles. The molecular weight excluding hydrogens is 406 g/mol. The van der Waals surface area contributed by atoms with Gasteiger partial charge in [0.1, 0.15) is 0 Å². The lowest BCUT2D eigenvalue weighted by Crippen LogP contribution is -2.40. The van der Waals surface area contributed by atoms with Crippen molar-refractivity contribution in [3.05, 3.63) is 65.9 Å². The second-order valence-electron chi connectivity index (χ2n) is 8.43. The van der Waals surface area contributed by atoms with Crippen LogP contribution in [-0.4, -0.2) is 30.9 Å². The Labute approximate surface area is 187 Å². The zero-order valence-electron chi connectivity index (χ0n) is 17.9. The predicted molar refractivity (Wildman–Crippen MR) is 119 cm³/mol. The van der Waals surface area contributed by atoms with E-state index >= 15 is 0 Å². The molecule has 7 heteroatoms. The summed E-state index contributed by atoms with van der Waals surface area (Å²) in [7, 11) is 0. The highest BCUT2D eigenvalue weighted by atomic mass is 16.7. The Morgan fingerprint density at radius 2 is 1.94 bits per heavy atom. The Hall–Kier alpha value is -3.32. The summed E-state index contributed by atoms with van der Waals surface area (Å²) in [6, 6.07) is 17.8. The van der Waals surface area contributed by atoms with Gasteiger partial charge in [-0.3, -0.25) is 4.79 Å². The van der Waals surface area contributed by atoms with Gasteiger partial charge in [-0.1, -0.05) is 41.6 Å². The average molecular weight is 434 g/mol. The third-order valence-corrected chi connectivity index (χ3v) is 6.23. The maximum absolute atomic E-state index is 12.7. The van der Waals surface area contributed by atoms with E-state index in [1.54, 1.807) is 0 Å². The first-order valence-electron chi connectivity index (χ1n) is 11.1. The molecule has 1 amide bonds. The van der Waals surface area contributed by atoms with Gasteiger partial charge in [-0.15, -0.1) is 0 Å². The number of carbonyl (C=O) groups excluding carboxylic acids is 1. The van der Waals surface area contributed by atoms with Gasteiger partial charge in [0.25, 0.3) is 0 Å². The van der Waals surface area contributed by atoms with Crippen LogP contribution in [0.25, 0.3) is 11.3 Å². The van der Waals surface area contributed by atoms with Crippen molar-refractivity contribution in [3.63, 3.8) is 0 Å². The van der Waals surface area contributed by atoms with E-state index in [0.717, 1.165) is 60.0 Å². The normalized spacial score (nSPS) is 19.6. The Balaban J connectivity index is 1.16. The number of hydrogen-bond donors (Lipinski definition) is 2. The first kappa shape index (κ1) is 20.6. The largest absolute Gasteiger partial charge is 0.454 e. The predicted octanol–water partition coefficient (Wildman–Crippen LogP) is 3.55. The molecule has 166 valence electrons. The van der Waals surface area contributed by atoms with E-state index in [9.17, 15) is 4.79 Å². The van der Waals surface area contributed by atoms with Crippen LogP contribution in [0.1, 0.15) is 24.1 Å². The van der Waals surface area contributed by atoms with Gasteiger partial charge in [-0.2, -0.15) is 0 Å². The summed E-state index contributed by atoms with van der Waals surface area (Å²) >= 11 is 0. The van der Waals surface area contributed by atoms with Crippen LogP contribution in [0.4, 0.5) is 0 Å². The van der Waals surface area contributed by atoms with Crippen molar-refractivity contribution < 1.29 is 18.8 Å². The van der Waals surface area contributed by atoms with Gasteiger partial charge in [0.05, 0.1) is 5.69 Å². The minimum Gasteiger partial charge on any atom is -0.454 e. The molecule has 2 aliphatic rings. The van der Waals surface area contributed by atoms with Crippen LogP contribution in [0, 0.1) is 11.8 Å². The van der Waals surface area contributed by atoms with Gasteiger partial charge in [-0.05, 0) is 55.5 Å². The highest BCUT2D eigenvalue weighted by molar-refractivity contribution is 5.76. The number of nitrogens with one attached hydrogen (secondary N) is 2. The highest BCUT2D eigenvalue weighted by Crippen LogP contribution is 2.32. The molecule has 7 nitrogen and oxygen atoms in total. The zero-order valence-corrected chi connectivity index (χ0v) is 17.9. The fraction of sp³-hybridized carbons (Fsp3) is 0.360. The van der Waals surface area contributed by atoms with Crippen molar-refractivity contribution in [2.24, 2.45) is 11.8 Å². The summed E-state index contributed by atoms with van der Waals surface area (Å²) in [5.74, 6) is 2.99. The maximum atomic E-state index is 12.7. The van der Waals surface area contributed by atoms with E-state index in [1.165, 1.54) is 0 Å². The highest BCUT2D eigenvalue weighted by Gasteiger charge is 2.28. The first-order valence-corrected chi connectivity index (χ1v) is 11.1. The van der Waals surface area contributed by atoms with Crippen LogP contribution in [0.3, 0.4) is 0 Å². The third-order valence-electron chi connectivity index (χ3n) is 6.23. The number of benzene rings is 2. The number of amides is 1. The Morgan fingerprint density at radius 1 is 1.06 bits per heavy atom. The van der Waals surface area contributed by atoms with Gasteiger partial charge in [0.15, 0.2) is 17.3 Å². The number of ether oxygens (including phenoxy) is 2. The number of piperidine rings is 1. The van der Waals surface area contributed by atoms with E-state index in [2.05, 4.69) is 15.8 Å². The lowest BCUT2D eigenvalue weighted by Gasteiger charge is -2.31. The quantitative estimate of drug-likeness (QED) is 0.593. The average Bonchev–Trinajstić information content (AvgIpc) is 3.49. The van der Waals surface area contributed by atoms with Crippen molar-refractivity contribution in [1.29, 1.82) is 0 Å². The van der Waals surface area contributed by atoms with Crippen molar-refractivity contribution in [2.75, 3.05) is 19.9 Å². The van der Waals surface area contributed by atoms with E-state index in [-0.39, 0.29) is 12.7 Å². The van der Waals surface area contributed by atoms with Crippen molar-refractivity contribution in [1.82, 2.24) is 15.8 Å². The van der Waals surface area contributed by atoms with Crippen molar-refractivity contribution in [2.45, 2.75) is 25.8 Å². The summed E-state index contributed by atoms with van der Waals surface area (Å²) in [5.41, 5.74) is 2.95. The van der Waals surface area contributed by atoms with Crippen molar-refractivity contribution >= 4 is 5.91 Å². The molecule has 0 unspecified atom stereocenters. The molecule has 3 aromatic rings. The molecular formula is C25H27N3O4. The van der Waals surface area contributed by atoms with Crippen LogP contribution in [0.15, 0.2) is 59.1 Å². The summed E-state index contributed by atoms with van der Waals surface area (Å²) < 4.78 is 16.3. The molecule has 0 spiro atoms. The molecule has 2 N–H and O–H groups in total. The van der Waals surface area contributed by atoms with Crippen LogP contribution in [0.2, 0.25) is 0 Å². The molecule has 0 saturated carbocycles. The fourth-order valence-electron chi connectivity index (χ4n) is 4.46. The standard InChI is InChI=1S/C25H27N3O4/c29-25(27-14-17-6-7-22-24(10-17)31-16-30-22)12-19-8-9-26-15-20(19)11-21-13-23(32-28-21)18-4-2-1-3-5-18/h1-7,10,13,19-20,26H,8-9,11-12,14-16H2,(H,27,29)/t19-,20-/m0/s1. The Kier molecular flexibility index (Phi) is 6.07. The van der Waals surface area contributed by atoms with Gasteiger partial charge >= 0.3 is 0 Å². The van der Waals surface area contributed by atoms with Crippen LogP contribution in [0.5, 0.6) is 11.5 Å². The van der Waals surface area contributed by atoms with E-state index in [4.69, 9.17) is 14.0 Å². The van der Waals surface area contributed by atoms with E-state index < -0.39 is 0 Å². The van der Waals surface area contributed by atoms with Gasteiger partial charge in [0.2, 0.25) is 12.7 Å².